The van der Waals surface area contributed by atoms with Gasteiger partial charge in [-0.05, 0) is 49.6 Å². The quantitative estimate of drug-likeness (QED) is 0.515. The van der Waals surface area contributed by atoms with E-state index in [-0.39, 0.29) is 18.5 Å². The lowest BCUT2D eigenvalue weighted by Gasteiger charge is -2.33. The number of carbonyl (C=O) groups is 2. The zero-order valence-corrected chi connectivity index (χ0v) is 21.1. The van der Waals surface area contributed by atoms with Gasteiger partial charge in [0.15, 0.2) is 0 Å². The van der Waals surface area contributed by atoms with E-state index >= 15 is 0 Å². The second kappa shape index (κ2) is 12.0. The molecule has 0 bridgehead atoms. The van der Waals surface area contributed by atoms with Crippen LogP contribution < -0.4 is 9.62 Å². The fourth-order valence-electron chi connectivity index (χ4n) is 3.36. The fourth-order valence-corrected chi connectivity index (χ4v) is 4.33. The number of amides is 2. The second-order valence-corrected chi connectivity index (χ2v) is 10.3. The van der Waals surface area contributed by atoms with Crippen molar-refractivity contribution in [1.82, 2.24) is 10.2 Å². The molecule has 0 heterocycles. The Bertz CT molecular complexity index is 1030. The van der Waals surface area contributed by atoms with Crippen LogP contribution in [-0.2, 0) is 26.2 Å². The Kier molecular flexibility index (Phi) is 9.73. The molecule has 0 saturated carbocycles. The van der Waals surface area contributed by atoms with Gasteiger partial charge in [-0.2, -0.15) is 0 Å². The van der Waals surface area contributed by atoms with Crippen molar-refractivity contribution in [2.45, 2.75) is 52.2 Å². The number of para-hydroxylation sites is 1. The van der Waals surface area contributed by atoms with Gasteiger partial charge in [-0.1, -0.05) is 55.8 Å². The van der Waals surface area contributed by atoms with Crippen molar-refractivity contribution in [3.05, 3.63) is 65.2 Å². The highest BCUT2D eigenvalue weighted by atomic mass is 35.5. The van der Waals surface area contributed by atoms with E-state index in [1.54, 1.807) is 54.6 Å². The molecule has 0 spiro atoms. The molecule has 2 aromatic rings. The summed E-state index contributed by atoms with van der Waals surface area (Å²) < 4.78 is 26.1. The Hall–Kier alpha value is -2.58. The molecule has 0 aliphatic rings. The van der Waals surface area contributed by atoms with Gasteiger partial charge in [0, 0.05) is 17.6 Å². The average molecular weight is 494 g/mol. The van der Waals surface area contributed by atoms with Crippen molar-refractivity contribution in [3.8, 4) is 0 Å². The van der Waals surface area contributed by atoms with E-state index in [0.717, 1.165) is 22.5 Å². The van der Waals surface area contributed by atoms with Gasteiger partial charge in [-0.25, -0.2) is 8.42 Å². The topological polar surface area (TPSA) is 86.8 Å². The predicted molar refractivity (Wildman–Crippen MR) is 133 cm³/mol. The maximum Gasteiger partial charge on any atom is 0.244 e. The fraction of sp³-hybridized carbons (Fsp3) is 0.417. The SMILES string of the molecule is CC[C@H](C(=O)N[C@@H](C)CC)N(Cc1ccc(Cl)cc1)C(=O)CN(c1ccccc1)S(C)(=O)=O. The molecule has 0 aromatic heterocycles. The van der Waals surface area contributed by atoms with Crippen LogP contribution in [0.5, 0.6) is 0 Å². The van der Waals surface area contributed by atoms with Crippen LogP contribution in [-0.4, -0.2) is 50.0 Å². The molecule has 33 heavy (non-hydrogen) atoms. The summed E-state index contributed by atoms with van der Waals surface area (Å²) in [6.07, 6.45) is 2.19. The average Bonchev–Trinajstić information content (AvgIpc) is 2.78. The van der Waals surface area contributed by atoms with Crippen LogP contribution in [0.15, 0.2) is 54.6 Å². The minimum Gasteiger partial charge on any atom is -0.352 e. The molecule has 9 heteroatoms. The number of rotatable bonds is 11. The second-order valence-electron chi connectivity index (χ2n) is 8.00. The van der Waals surface area contributed by atoms with Gasteiger partial charge < -0.3 is 10.2 Å². The Labute approximate surface area is 201 Å². The third kappa shape index (κ3) is 7.75. The summed E-state index contributed by atoms with van der Waals surface area (Å²) in [6.45, 7) is 5.43. The molecule has 0 aliphatic carbocycles. The van der Waals surface area contributed by atoms with Gasteiger partial charge in [0.1, 0.15) is 12.6 Å². The number of anilines is 1. The lowest BCUT2D eigenvalue weighted by atomic mass is 10.1. The van der Waals surface area contributed by atoms with E-state index in [4.69, 9.17) is 11.6 Å². The molecular formula is C24H32ClN3O4S. The highest BCUT2D eigenvalue weighted by Gasteiger charge is 2.32. The van der Waals surface area contributed by atoms with Crippen molar-refractivity contribution in [2.24, 2.45) is 0 Å². The van der Waals surface area contributed by atoms with E-state index < -0.39 is 28.5 Å². The number of hydrogen-bond donors (Lipinski definition) is 1. The Morgan fingerprint density at radius 2 is 1.61 bits per heavy atom. The maximum atomic E-state index is 13.5. The lowest BCUT2D eigenvalue weighted by molar-refractivity contribution is -0.140. The van der Waals surface area contributed by atoms with Crippen molar-refractivity contribution >= 4 is 39.1 Å². The smallest absolute Gasteiger partial charge is 0.244 e. The summed E-state index contributed by atoms with van der Waals surface area (Å²) in [5.74, 6) is -0.731. The van der Waals surface area contributed by atoms with Gasteiger partial charge in [-0.15, -0.1) is 0 Å². The molecule has 180 valence electrons. The third-order valence-corrected chi connectivity index (χ3v) is 6.77. The molecule has 0 aliphatic heterocycles. The molecule has 2 aromatic carbocycles. The first-order valence-electron chi connectivity index (χ1n) is 10.9. The molecule has 0 saturated heterocycles. The molecule has 0 fully saturated rings. The lowest BCUT2D eigenvalue weighted by Crippen LogP contribution is -2.53. The third-order valence-electron chi connectivity index (χ3n) is 5.38. The highest BCUT2D eigenvalue weighted by Crippen LogP contribution is 2.20. The van der Waals surface area contributed by atoms with Crippen LogP contribution in [0.1, 0.15) is 39.2 Å². The summed E-state index contributed by atoms with van der Waals surface area (Å²) in [4.78, 5) is 28.0. The normalized spacial score (nSPS) is 13.1. The van der Waals surface area contributed by atoms with Gasteiger partial charge in [0.2, 0.25) is 21.8 Å². The maximum absolute atomic E-state index is 13.5. The molecule has 2 rings (SSSR count). The van der Waals surface area contributed by atoms with Crippen LogP contribution in [0.2, 0.25) is 5.02 Å². The van der Waals surface area contributed by atoms with Crippen molar-refractivity contribution in [2.75, 3.05) is 17.1 Å². The first kappa shape index (κ1) is 26.7. The monoisotopic (exact) mass is 493 g/mol. The predicted octanol–water partition coefficient (Wildman–Crippen LogP) is 3.83. The Morgan fingerprint density at radius 3 is 2.12 bits per heavy atom. The summed E-state index contributed by atoms with van der Waals surface area (Å²) >= 11 is 5.99. The number of benzene rings is 2. The summed E-state index contributed by atoms with van der Waals surface area (Å²) in [7, 11) is -3.73. The summed E-state index contributed by atoms with van der Waals surface area (Å²) in [5, 5.41) is 3.50. The van der Waals surface area contributed by atoms with Crippen LogP contribution in [0.4, 0.5) is 5.69 Å². The van der Waals surface area contributed by atoms with Crippen molar-refractivity contribution in [3.63, 3.8) is 0 Å². The van der Waals surface area contributed by atoms with Gasteiger partial charge in [-0.3, -0.25) is 13.9 Å². The number of halogens is 1. The number of nitrogens with one attached hydrogen (secondary N) is 1. The van der Waals surface area contributed by atoms with Crippen LogP contribution in [0, 0.1) is 0 Å². The highest BCUT2D eigenvalue weighted by molar-refractivity contribution is 7.92. The molecule has 2 atom stereocenters. The van der Waals surface area contributed by atoms with E-state index in [0.29, 0.717) is 17.1 Å². The zero-order chi connectivity index (χ0) is 24.6. The van der Waals surface area contributed by atoms with Crippen LogP contribution in [0.25, 0.3) is 0 Å². The van der Waals surface area contributed by atoms with Gasteiger partial charge >= 0.3 is 0 Å². The van der Waals surface area contributed by atoms with E-state index in [2.05, 4.69) is 5.32 Å². The molecule has 7 nitrogen and oxygen atoms in total. The minimum absolute atomic E-state index is 0.0455. The van der Waals surface area contributed by atoms with E-state index in [1.165, 1.54) is 4.90 Å². The zero-order valence-electron chi connectivity index (χ0n) is 19.5. The van der Waals surface area contributed by atoms with Crippen molar-refractivity contribution in [1.29, 1.82) is 0 Å². The number of carbonyl (C=O) groups excluding carboxylic acids is 2. The number of sulfonamides is 1. The van der Waals surface area contributed by atoms with Crippen LogP contribution in [0.3, 0.4) is 0 Å². The Morgan fingerprint density at radius 1 is 1.00 bits per heavy atom. The summed E-state index contributed by atoms with van der Waals surface area (Å²) in [6, 6.07) is 14.6. The molecule has 1 N–H and O–H groups in total. The largest absolute Gasteiger partial charge is 0.352 e. The number of hydrogen-bond acceptors (Lipinski definition) is 4. The standard InChI is InChI=1S/C24H32ClN3O4S/c1-5-18(3)26-24(30)22(6-2)27(16-19-12-14-20(25)15-13-19)23(29)17-28(33(4,31)32)21-10-8-7-9-11-21/h7-15,18,22H,5-6,16-17H2,1-4H3,(H,26,30)/t18-,22+/m0/s1. The molecule has 2 amide bonds. The van der Waals surface area contributed by atoms with Crippen molar-refractivity contribution < 1.29 is 18.0 Å². The Balaban J connectivity index is 2.40. The first-order chi connectivity index (χ1) is 15.6. The molecule has 0 unspecified atom stereocenters. The van der Waals surface area contributed by atoms with Gasteiger partial charge in [0.25, 0.3) is 0 Å². The van der Waals surface area contributed by atoms with E-state index in [9.17, 15) is 18.0 Å². The van der Waals surface area contributed by atoms with E-state index in [1.807, 2.05) is 20.8 Å². The minimum atomic E-state index is -3.73. The first-order valence-corrected chi connectivity index (χ1v) is 13.2. The van der Waals surface area contributed by atoms with Gasteiger partial charge in [0.05, 0.1) is 11.9 Å². The summed E-state index contributed by atoms with van der Waals surface area (Å²) in [5.41, 5.74) is 1.17. The molecular weight excluding hydrogens is 462 g/mol. The molecule has 0 radical (unpaired) electrons. The van der Waals surface area contributed by atoms with Crippen LogP contribution >= 0.6 is 11.6 Å². The number of nitrogens with zero attached hydrogens (tertiary/aromatic N) is 2.